The first kappa shape index (κ1) is 57.0. The molecule has 4 nitrogen and oxygen atoms in total. The van der Waals surface area contributed by atoms with Crippen LogP contribution in [0.25, 0.3) is 110 Å². The molecule has 0 N–H and O–H groups in total. The number of fused-ring (bicyclic) bond motifs is 12. The van der Waals surface area contributed by atoms with Crippen LogP contribution in [-0.2, 0) is 51.0 Å². The fourth-order valence-corrected chi connectivity index (χ4v) is 12.0. The zero-order valence-corrected chi connectivity index (χ0v) is 51.6. The van der Waals surface area contributed by atoms with E-state index in [1.54, 1.807) is 12.4 Å². The van der Waals surface area contributed by atoms with Crippen molar-refractivity contribution in [2.75, 3.05) is 0 Å². The van der Waals surface area contributed by atoms with E-state index in [-0.39, 0.29) is 51.0 Å². The number of pyridine rings is 4. The molecule has 0 fully saturated rings. The van der Waals surface area contributed by atoms with Crippen molar-refractivity contribution in [3.05, 3.63) is 314 Å². The Morgan fingerprint density at radius 1 is 0.286 bits per heavy atom. The van der Waals surface area contributed by atoms with Crippen LogP contribution in [0.15, 0.2) is 267 Å². The van der Waals surface area contributed by atoms with Crippen molar-refractivity contribution in [2.45, 2.75) is 38.5 Å². The molecule has 0 saturated heterocycles. The molecule has 0 bridgehead atoms. The number of nitrogens with zero attached hydrogens (tertiary/aromatic N) is 4. The van der Waals surface area contributed by atoms with Gasteiger partial charge in [-0.05, 0) is 112 Å². The van der Waals surface area contributed by atoms with Crippen LogP contribution in [0, 0.1) is 24.3 Å². The van der Waals surface area contributed by atoms with E-state index in [2.05, 4.69) is 220 Å². The predicted octanol–water partition coefficient (Wildman–Crippen LogP) is 19.4. The summed E-state index contributed by atoms with van der Waals surface area (Å²) in [6.45, 7) is 9.24. The van der Waals surface area contributed by atoms with E-state index in [0.29, 0.717) is 0 Å². The average Bonchev–Trinajstić information content (AvgIpc) is 3.89. The summed E-state index contributed by atoms with van der Waals surface area (Å²) < 4.78 is 0. The smallest absolute Gasteiger partial charge is 0.0167 e. The molecule has 2 aliphatic rings. The van der Waals surface area contributed by atoms with Crippen LogP contribution in [0.2, 0.25) is 0 Å². The second-order valence-corrected chi connectivity index (χ2v) is 21.8. The first-order chi connectivity index (χ1) is 40.2. The molecule has 4 heterocycles. The van der Waals surface area contributed by atoms with E-state index in [1.165, 1.54) is 87.6 Å². The Hall–Kier alpha value is -8.86. The Morgan fingerprint density at radius 3 is 1.11 bits per heavy atom. The Kier molecular flexibility index (Phi) is 16.6. The second kappa shape index (κ2) is 24.5. The van der Waals surface area contributed by atoms with E-state index in [4.69, 9.17) is 9.97 Å². The third-order valence-electron chi connectivity index (χ3n) is 16.2. The normalized spacial score (nSPS) is 12.5. The minimum atomic E-state index is -0.0208. The van der Waals surface area contributed by atoms with Gasteiger partial charge < -0.3 is 19.9 Å². The molecule has 410 valence electrons. The van der Waals surface area contributed by atoms with Gasteiger partial charge in [0.25, 0.3) is 0 Å². The molecule has 2 aliphatic carbocycles. The van der Waals surface area contributed by atoms with E-state index in [0.717, 1.165) is 45.0 Å². The van der Waals surface area contributed by atoms with E-state index >= 15 is 0 Å². The zero-order valence-electron chi connectivity index (χ0n) is 46.9. The monoisotopic (exact) mass is 1430 g/mol. The van der Waals surface area contributed by atoms with Gasteiger partial charge >= 0.3 is 0 Å². The standard InChI is InChI=1S/2C28H20N.2C11H8N.2Ir/c2*1-28(2)25-10-6-5-9-22(25)23-13-12-19(17-26(23)28)27-24-14-11-18-7-3-4-8-20(18)21(24)15-16-29-27;2*1-2-6-10(7-3-1)11-8-4-5-9-12-11;;/h2*3-11,13-17H,1-2H3;2*1-6,8-9H;;/q4*-1;;. The summed E-state index contributed by atoms with van der Waals surface area (Å²) >= 11 is 0. The Balaban J connectivity index is 0.000000125. The number of benzene rings is 10. The predicted molar refractivity (Wildman–Crippen MR) is 339 cm³/mol. The molecule has 4 aromatic heterocycles. The largest absolute Gasteiger partial charge is 0.305 e. The molecular weight excluding hydrogens is 1380 g/mol. The summed E-state index contributed by atoms with van der Waals surface area (Å²) in [5.74, 6) is 0. The van der Waals surface area contributed by atoms with E-state index < -0.39 is 0 Å². The van der Waals surface area contributed by atoms with Gasteiger partial charge in [0.15, 0.2) is 0 Å². The first-order valence-electron chi connectivity index (χ1n) is 27.8. The van der Waals surface area contributed by atoms with Crippen molar-refractivity contribution in [3.63, 3.8) is 0 Å². The maximum absolute atomic E-state index is 4.78. The fraction of sp³-hybridized carbons (Fsp3) is 0.0769. The molecule has 0 spiro atoms. The van der Waals surface area contributed by atoms with Gasteiger partial charge in [-0.1, -0.05) is 196 Å². The van der Waals surface area contributed by atoms with Crippen molar-refractivity contribution < 1.29 is 40.2 Å². The second-order valence-electron chi connectivity index (χ2n) is 21.8. The Bertz CT molecular complexity index is 4250. The quantitative estimate of drug-likeness (QED) is 0.130. The zero-order chi connectivity index (χ0) is 55.6. The van der Waals surface area contributed by atoms with Gasteiger partial charge in [0.05, 0.1) is 0 Å². The molecule has 14 aromatic rings. The Morgan fingerprint density at radius 2 is 0.690 bits per heavy atom. The van der Waals surface area contributed by atoms with Gasteiger partial charge in [-0.3, -0.25) is 0 Å². The third-order valence-corrected chi connectivity index (χ3v) is 16.2. The van der Waals surface area contributed by atoms with E-state index in [9.17, 15) is 0 Å². The van der Waals surface area contributed by atoms with Crippen LogP contribution in [0.1, 0.15) is 49.9 Å². The summed E-state index contributed by atoms with van der Waals surface area (Å²) in [5, 5.41) is 9.88. The first-order valence-corrected chi connectivity index (χ1v) is 27.8. The van der Waals surface area contributed by atoms with Gasteiger partial charge in [0, 0.05) is 65.0 Å². The van der Waals surface area contributed by atoms with Crippen LogP contribution in [-0.4, -0.2) is 19.9 Å². The molecular formula is C78H56Ir2N4-4. The molecule has 0 saturated carbocycles. The summed E-state index contributed by atoms with van der Waals surface area (Å²) in [4.78, 5) is 18.0. The van der Waals surface area contributed by atoms with Crippen molar-refractivity contribution in [2.24, 2.45) is 0 Å². The van der Waals surface area contributed by atoms with Crippen molar-refractivity contribution in [1.82, 2.24) is 19.9 Å². The van der Waals surface area contributed by atoms with Crippen molar-refractivity contribution >= 4 is 43.1 Å². The molecule has 0 aliphatic heterocycles. The Labute approximate surface area is 519 Å². The minimum absolute atomic E-state index is 0. The summed E-state index contributed by atoms with van der Waals surface area (Å²) in [5.41, 5.74) is 18.8. The summed E-state index contributed by atoms with van der Waals surface area (Å²) in [6.07, 6.45) is 7.42. The number of hydrogen-bond acceptors (Lipinski definition) is 4. The summed E-state index contributed by atoms with van der Waals surface area (Å²) in [7, 11) is 0. The van der Waals surface area contributed by atoms with Crippen LogP contribution in [0.4, 0.5) is 0 Å². The van der Waals surface area contributed by atoms with Crippen LogP contribution < -0.4 is 0 Å². The van der Waals surface area contributed by atoms with Gasteiger partial charge in [-0.25, -0.2) is 0 Å². The molecule has 0 amide bonds. The molecule has 16 rings (SSSR count). The minimum Gasteiger partial charge on any atom is -0.305 e. The van der Waals surface area contributed by atoms with Crippen LogP contribution >= 0.6 is 0 Å². The molecule has 84 heavy (non-hydrogen) atoms. The topological polar surface area (TPSA) is 51.6 Å². The molecule has 6 heteroatoms. The van der Waals surface area contributed by atoms with Gasteiger partial charge in [0.2, 0.25) is 0 Å². The SMILES string of the molecule is CC1(C)c2ccccc2-c2c[c-]c(-c3nccc4c3ccc3ccccc34)cc21.CC1(C)c2ccccc2-c2c[c-]c(-c3nccc4c3ccc3ccccc34)cc21.[Ir].[Ir].[c-]1ccccc1-c1ccccn1.[c-]1ccccc1-c1ccccn1. The number of aromatic nitrogens is 4. The summed E-state index contributed by atoms with van der Waals surface area (Å²) in [6, 6.07) is 97.2. The molecule has 0 unspecified atom stereocenters. The average molecular weight is 1430 g/mol. The number of hydrogen-bond donors (Lipinski definition) is 0. The molecule has 2 radical (unpaired) electrons. The maximum atomic E-state index is 4.78. The van der Waals surface area contributed by atoms with Crippen LogP contribution in [0.3, 0.4) is 0 Å². The van der Waals surface area contributed by atoms with Gasteiger partial charge in [-0.15, -0.1) is 130 Å². The van der Waals surface area contributed by atoms with Crippen molar-refractivity contribution in [3.8, 4) is 67.3 Å². The van der Waals surface area contributed by atoms with Crippen LogP contribution in [0.5, 0.6) is 0 Å². The molecule has 0 atom stereocenters. The van der Waals surface area contributed by atoms with Gasteiger partial charge in [-0.2, -0.15) is 0 Å². The maximum Gasteiger partial charge on any atom is 0.0167 e. The van der Waals surface area contributed by atoms with Crippen molar-refractivity contribution in [1.29, 1.82) is 0 Å². The third kappa shape index (κ3) is 10.9. The van der Waals surface area contributed by atoms with E-state index in [1.807, 2.05) is 97.3 Å². The number of rotatable bonds is 4. The fourth-order valence-electron chi connectivity index (χ4n) is 12.0. The molecule has 10 aromatic carbocycles. The van der Waals surface area contributed by atoms with Gasteiger partial charge in [0.1, 0.15) is 0 Å².